The van der Waals surface area contributed by atoms with Crippen LogP contribution in [0.15, 0.2) is 12.7 Å². The summed E-state index contributed by atoms with van der Waals surface area (Å²) in [5.41, 5.74) is -3.25. The van der Waals surface area contributed by atoms with E-state index in [2.05, 4.69) is 22.5 Å². The molecule has 2 fully saturated rings. The Hall–Kier alpha value is -3.84. The van der Waals surface area contributed by atoms with Gasteiger partial charge >= 0.3 is 24.1 Å². The van der Waals surface area contributed by atoms with Crippen molar-refractivity contribution in [2.75, 3.05) is 13.7 Å². The predicted octanol–water partition coefficient (Wildman–Crippen LogP) is 2.35. The second-order valence-corrected chi connectivity index (χ2v) is 13.6. The van der Waals surface area contributed by atoms with Crippen LogP contribution in [-0.4, -0.2) is 95.0 Å². The largest absolute Gasteiger partial charge is 0.479 e. The highest BCUT2D eigenvalue weighted by atomic mass is 16.6. The standard InChI is InChI=1S/C30H48N4O10/c1-11-16(3)20(24(37)42-10)31-26(40)43-18-13-19(22(35)33-30(25(38)39)14-17(30)12-2)34(15-18)23(36)21(28(4,5)6)32-27(41)44-29(7,8)9/h12,16-21H,2,11,13-15H2,1,3-10H3,(H,31,40)(H,32,41)(H,33,35)(H,38,39)/t16-,17?,18+,19-,20-,21+,30?/m0/s1. The fourth-order valence-electron chi connectivity index (χ4n) is 5.04. The Kier molecular flexibility index (Phi) is 11.4. The van der Waals surface area contributed by atoms with Gasteiger partial charge < -0.3 is 40.2 Å². The Labute approximate surface area is 258 Å². The summed E-state index contributed by atoms with van der Waals surface area (Å²) in [6.45, 7) is 17.2. The molecule has 248 valence electrons. The number of likely N-dealkylation sites (tertiary alicyclic amines) is 1. The molecule has 2 aliphatic rings. The van der Waals surface area contributed by atoms with Crippen molar-refractivity contribution in [2.24, 2.45) is 17.3 Å². The van der Waals surface area contributed by atoms with Crippen molar-refractivity contribution in [3.8, 4) is 0 Å². The number of hydrogen-bond acceptors (Lipinski definition) is 9. The van der Waals surface area contributed by atoms with Crippen LogP contribution >= 0.6 is 0 Å². The van der Waals surface area contributed by atoms with Crippen LogP contribution in [-0.2, 0) is 33.4 Å². The number of nitrogens with zero attached hydrogens (tertiary/aromatic N) is 1. The molecule has 1 aliphatic heterocycles. The highest BCUT2D eigenvalue weighted by Crippen LogP contribution is 2.45. The van der Waals surface area contributed by atoms with Gasteiger partial charge in [0, 0.05) is 12.3 Å². The number of esters is 1. The van der Waals surface area contributed by atoms with Gasteiger partial charge in [-0.2, -0.15) is 0 Å². The number of carbonyl (C=O) groups is 6. The number of carboxylic acid groups (broad SMARTS) is 1. The van der Waals surface area contributed by atoms with Crippen molar-refractivity contribution >= 4 is 35.9 Å². The first-order valence-electron chi connectivity index (χ1n) is 14.7. The van der Waals surface area contributed by atoms with Crippen molar-refractivity contribution in [1.29, 1.82) is 0 Å². The SMILES string of the molecule is C=CC1CC1(NC(=O)[C@@H]1C[C@@H](OC(=O)N[C@H](C(=O)OC)[C@@H](C)CC)CN1C(=O)[C@@H](NC(=O)OC(C)(C)C)C(C)(C)C)C(=O)O. The van der Waals surface area contributed by atoms with E-state index in [1.54, 1.807) is 48.5 Å². The van der Waals surface area contributed by atoms with E-state index in [0.29, 0.717) is 6.42 Å². The van der Waals surface area contributed by atoms with E-state index in [4.69, 9.17) is 14.2 Å². The van der Waals surface area contributed by atoms with Crippen LogP contribution in [0.4, 0.5) is 9.59 Å². The van der Waals surface area contributed by atoms with E-state index in [0.717, 1.165) is 0 Å². The molecular weight excluding hydrogens is 576 g/mol. The molecule has 44 heavy (non-hydrogen) atoms. The number of alkyl carbamates (subject to hydrolysis) is 2. The summed E-state index contributed by atoms with van der Waals surface area (Å²) in [5, 5.41) is 17.5. The van der Waals surface area contributed by atoms with Gasteiger partial charge in [-0.3, -0.25) is 9.59 Å². The first-order valence-corrected chi connectivity index (χ1v) is 14.7. The molecule has 0 aromatic heterocycles. The van der Waals surface area contributed by atoms with Gasteiger partial charge in [0.15, 0.2) is 0 Å². The smallest absolute Gasteiger partial charge is 0.408 e. The van der Waals surface area contributed by atoms with Crippen LogP contribution in [0.3, 0.4) is 0 Å². The zero-order valence-corrected chi connectivity index (χ0v) is 27.1. The van der Waals surface area contributed by atoms with Crippen LogP contribution in [0.25, 0.3) is 0 Å². The fraction of sp³-hybridized carbons (Fsp3) is 0.733. The number of methoxy groups -OCH3 is 1. The fourth-order valence-corrected chi connectivity index (χ4v) is 5.04. The number of carboxylic acids is 1. The monoisotopic (exact) mass is 624 g/mol. The maximum Gasteiger partial charge on any atom is 0.408 e. The van der Waals surface area contributed by atoms with Crippen molar-refractivity contribution in [2.45, 2.75) is 110 Å². The van der Waals surface area contributed by atoms with Crippen LogP contribution in [0.5, 0.6) is 0 Å². The molecule has 4 N–H and O–H groups in total. The molecule has 4 amide bonds. The summed E-state index contributed by atoms with van der Waals surface area (Å²) < 4.78 is 15.7. The molecule has 1 saturated heterocycles. The van der Waals surface area contributed by atoms with Gasteiger partial charge in [0.05, 0.1) is 13.7 Å². The van der Waals surface area contributed by atoms with E-state index in [-0.39, 0.29) is 25.3 Å². The van der Waals surface area contributed by atoms with Gasteiger partial charge in [0.1, 0.15) is 35.4 Å². The molecule has 0 spiro atoms. The minimum absolute atomic E-state index is 0.135. The van der Waals surface area contributed by atoms with Crippen molar-refractivity contribution < 1.29 is 48.1 Å². The second-order valence-electron chi connectivity index (χ2n) is 13.6. The summed E-state index contributed by atoms with van der Waals surface area (Å²) in [7, 11) is 1.20. The molecule has 2 unspecified atom stereocenters. The minimum atomic E-state index is -1.56. The molecule has 7 atom stereocenters. The van der Waals surface area contributed by atoms with E-state index in [9.17, 15) is 33.9 Å². The Morgan fingerprint density at radius 1 is 1.07 bits per heavy atom. The molecule has 14 heteroatoms. The van der Waals surface area contributed by atoms with Crippen molar-refractivity contribution in [3.05, 3.63) is 12.7 Å². The molecule has 0 radical (unpaired) electrons. The van der Waals surface area contributed by atoms with E-state index < -0.39 is 82.6 Å². The molecule has 0 aromatic rings. The molecule has 1 aliphatic carbocycles. The molecule has 14 nitrogen and oxygen atoms in total. The molecule has 2 rings (SSSR count). The molecule has 0 aromatic carbocycles. The average Bonchev–Trinajstić information content (AvgIpc) is 3.47. The lowest BCUT2D eigenvalue weighted by Gasteiger charge is -2.35. The summed E-state index contributed by atoms with van der Waals surface area (Å²) in [4.78, 5) is 78.7. The number of hydrogen-bond donors (Lipinski definition) is 4. The third-order valence-electron chi connectivity index (χ3n) is 7.86. The number of nitrogens with one attached hydrogen (secondary N) is 3. The lowest BCUT2D eigenvalue weighted by Crippen LogP contribution is -2.59. The quantitative estimate of drug-likeness (QED) is 0.151. The number of aliphatic carboxylic acids is 1. The van der Waals surface area contributed by atoms with Gasteiger partial charge in [0.2, 0.25) is 11.8 Å². The van der Waals surface area contributed by atoms with Crippen LogP contribution < -0.4 is 16.0 Å². The Bertz CT molecular complexity index is 1140. The topological polar surface area (TPSA) is 190 Å². The Morgan fingerprint density at radius 3 is 2.14 bits per heavy atom. The highest BCUT2D eigenvalue weighted by molar-refractivity contribution is 5.96. The Balaban J connectivity index is 2.37. The summed E-state index contributed by atoms with van der Waals surface area (Å²) in [6, 6.07) is -3.39. The zero-order chi connectivity index (χ0) is 33.8. The van der Waals surface area contributed by atoms with Gasteiger partial charge in [0.25, 0.3) is 0 Å². The zero-order valence-electron chi connectivity index (χ0n) is 27.1. The third-order valence-corrected chi connectivity index (χ3v) is 7.86. The van der Waals surface area contributed by atoms with Gasteiger partial charge in [-0.25, -0.2) is 19.2 Å². The summed E-state index contributed by atoms with van der Waals surface area (Å²) in [5.74, 6) is -4.07. The van der Waals surface area contributed by atoms with Crippen LogP contribution in [0.2, 0.25) is 0 Å². The number of ether oxygens (including phenoxy) is 3. The first kappa shape index (κ1) is 36.4. The Morgan fingerprint density at radius 2 is 1.68 bits per heavy atom. The molecule has 1 heterocycles. The summed E-state index contributed by atoms with van der Waals surface area (Å²) in [6.07, 6.45) is -0.808. The predicted molar refractivity (Wildman–Crippen MR) is 158 cm³/mol. The maximum atomic E-state index is 14.0. The third kappa shape index (κ3) is 8.85. The van der Waals surface area contributed by atoms with Crippen LogP contribution in [0, 0.1) is 17.3 Å². The lowest BCUT2D eigenvalue weighted by atomic mass is 9.85. The van der Waals surface area contributed by atoms with E-state index in [1.165, 1.54) is 18.1 Å². The normalized spacial score (nSPS) is 25.0. The maximum absolute atomic E-state index is 14.0. The number of carbonyl (C=O) groups excluding carboxylic acids is 5. The number of rotatable bonds is 11. The van der Waals surface area contributed by atoms with E-state index in [1.807, 2.05) is 6.92 Å². The molecule has 1 saturated carbocycles. The second kappa shape index (κ2) is 13.9. The average molecular weight is 625 g/mol. The minimum Gasteiger partial charge on any atom is -0.479 e. The van der Waals surface area contributed by atoms with Crippen LogP contribution in [0.1, 0.15) is 74.7 Å². The van der Waals surface area contributed by atoms with E-state index >= 15 is 0 Å². The first-order chi connectivity index (χ1) is 20.2. The molecular formula is C30H48N4O10. The molecule has 0 bridgehead atoms. The van der Waals surface area contributed by atoms with Gasteiger partial charge in [-0.1, -0.05) is 47.1 Å². The highest BCUT2D eigenvalue weighted by Gasteiger charge is 2.61. The summed E-state index contributed by atoms with van der Waals surface area (Å²) >= 11 is 0. The van der Waals surface area contributed by atoms with Crippen molar-refractivity contribution in [1.82, 2.24) is 20.9 Å². The number of amides is 4. The lowest BCUT2D eigenvalue weighted by molar-refractivity contribution is -0.146. The van der Waals surface area contributed by atoms with Crippen molar-refractivity contribution in [3.63, 3.8) is 0 Å². The van der Waals surface area contributed by atoms with Gasteiger partial charge in [-0.05, 0) is 38.5 Å². The van der Waals surface area contributed by atoms with Gasteiger partial charge in [-0.15, -0.1) is 6.58 Å².